The highest BCUT2D eigenvalue weighted by Crippen LogP contribution is 2.31. The van der Waals surface area contributed by atoms with Gasteiger partial charge < -0.3 is 0 Å². The summed E-state index contributed by atoms with van der Waals surface area (Å²) in [5.41, 5.74) is -0.000427. The van der Waals surface area contributed by atoms with Gasteiger partial charge in [-0.05, 0) is 18.2 Å². The molecule has 4 rings (SSSR count). The third-order valence-electron chi connectivity index (χ3n) is 3.41. The lowest BCUT2D eigenvalue weighted by Gasteiger charge is -2.02. The van der Waals surface area contributed by atoms with Crippen molar-refractivity contribution in [1.82, 2.24) is 9.38 Å². The first-order chi connectivity index (χ1) is 10.9. The van der Waals surface area contributed by atoms with E-state index in [4.69, 9.17) is 23.2 Å². The molecule has 116 valence electrons. The molecule has 4 aromatic rings. The van der Waals surface area contributed by atoms with Crippen LogP contribution in [0.2, 0.25) is 10.0 Å². The standard InChI is InChI=1S/C14H3Cl2F3N2OS/c15-5-2-8-9(3-6(5)16)21-13(22)4-1-7(17)10(18)11(19)12(4)23-14(21)20-8/h1-3H. The largest absolute Gasteiger partial charge is 0.268 e. The number of rotatable bonds is 0. The van der Waals surface area contributed by atoms with Gasteiger partial charge in [-0.25, -0.2) is 22.6 Å². The Balaban J connectivity index is 2.30. The summed E-state index contributed by atoms with van der Waals surface area (Å²) in [6, 6.07) is 3.57. The summed E-state index contributed by atoms with van der Waals surface area (Å²) >= 11 is 12.6. The van der Waals surface area contributed by atoms with Crippen LogP contribution < -0.4 is 5.56 Å². The molecule has 0 amide bonds. The van der Waals surface area contributed by atoms with Crippen molar-refractivity contribution >= 4 is 60.6 Å². The zero-order valence-electron chi connectivity index (χ0n) is 10.8. The van der Waals surface area contributed by atoms with Gasteiger partial charge in [-0.15, -0.1) is 0 Å². The Hall–Kier alpha value is -1.83. The Morgan fingerprint density at radius 3 is 2.48 bits per heavy atom. The van der Waals surface area contributed by atoms with E-state index in [9.17, 15) is 18.0 Å². The third kappa shape index (κ3) is 1.97. The minimum atomic E-state index is -1.63. The van der Waals surface area contributed by atoms with Gasteiger partial charge in [0.25, 0.3) is 5.56 Å². The highest BCUT2D eigenvalue weighted by Gasteiger charge is 2.20. The first-order valence-electron chi connectivity index (χ1n) is 6.16. The summed E-state index contributed by atoms with van der Waals surface area (Å²) < 4.78 is 41.6. The van der Waals surface area contributed by atoms with Crippen LogP contribution in [0.5, 0.6) is 0 Å². The number of benzene rings is 2. The Kier molecular flexibility index (Phi) is 3.10. The smallest absolute Gasteiger partial charge is 0.266 e. The topological polar surface area (TPSA) is 34.4 Å². The zero-order chi connectivity index (χ0) is 16.5. The highest BCUT2D eigenvalue weighted by molar-refractivity contribution is 7.23. The van der Waals surface area contributed by atoms with E-state index >= 15 is 0 Å². The average molecular weight is 375 g/mol. The lowest BCUT2D eigenvalue weighted by atomic mass is 10.2. The van der Waals surface area contributed by atoms with Crippen LogP contribution >= 0.6 is 34.5 Å². The molecule has 3 nitrogen and oxygen atoms in total. The van der Waals surface area contributed by atoms with Crippen LogP contribution in [-0.4, -0.2) is 9.38 Å². The predicted molar refractivity (Wildman–Crippen MR) is 84.2 cm³/mol. The molecule has 0 spiro atoms. The maximum Gasteiger partial charge on any atom is 0.266 e. The molecule has 0 aliphatic rings. The Labute approximate surface area is 139 Å². The molecular weight excluding hydrogens is 372 g/mol. The van der Waals surface area contributed by atoms with Gasteiger partial charge in [0.1, 0.15) is 0 Å². The summed E-state index contributed by atoms with van der Waals surface area (Å²) in [4.78, 5) is 16.9. The zero-order valence-corrected chi connectivity index (χ0v) is 13.2. The van der Waals surface area contributed by atoms with E-state index < -0.39 is 23.0 Å². The number of hydrogen-bond acceptors (Lipinski definition) is 3. The fourth-order valence-corrected chi connectivity index (χ4v) is 3.71. The number of aromatic nitrogens is 2. The van der Waals surface area contributed by atoms with Crippen molar-refractivity contribution in [2.24, 2.45) is 0 Å². The van der Waals surface area contributed by atoms with E-state index in [1.165, 1.54) is 16.5 Å². The maximum atomic E-state index is 13.9. The summed E-state index contributed by atoms with van der Waals surface area (Å²) in [6.07, 6.45) is 0. The predicted octanol–water partition coefficient (Wildman–Crippen LogP) is 4.79. The Morgan fingerprint density at radius 1 is 1.04 bits per heavy atom. The van der Waals surface area contributed by atoms with Gasteiger partial charge in [0, 0.05) is 0 Å². The molecular formula is C14H3Cl2F3N2OS. The molecule has 0 atom stereocenters. The molecule has 2 aromatic carbocycles. The van der Waals surface area contributed by atoms with Gasteiger partial charge >= 0.3 is 0 Å². The van der Waals surface area contributed by atoms with E-state index in [-0.39, 0.29) is 25.1 Å². The molecule has 2 heterocycles. The van der Waals surface area contributed by atoms with Crippen molar-refractivity contribution in [2.45, 2.75) is 0 Å². The number of nitrogens with zero attached hydrogens (tertiary/aromatic N) is 2. The molecule has 0 fully saturated rings. The van der Waals surface area contributed by atoms with Crippen LogP contribution in [0.4, 0.5) is 13.2 Å². The minimum Gasteiger partial charge on any atom is -0.268 e. The quantitative estimate of drug-likeness (QED) is 0.415. The number of hydrogen-bond donors (Lipinski definition) is 0. The van der Waals surface area contributed by atoms with Gasteiger partial charge in [-0.1, -0.05) is 34.5 Å². The molecule has 0 radical (unpaired) electrons. The second-order valence-corrected chi connectivity index (χ2v) is 6.55. The lowest BCUT2D eigenvalue weighted by molar-refractivity contribution is 0.454. The van der Waals surface area contributed by atoms with Gasteiger partial charge in [0.05, 0.1) is 31.2 Å². The van der Waals surface area contributed by atoms with Crippen LogP contribution in [-0.2, 0) is 0 Å². The molecule has 2 aromatic heterocycles. The first kappa shape index (κ1) is 14.7. The second kappa shape index (κ2) is 4.83. The minimum absolute atomic E-state index is 0.126. The van der Waals surface area contributed by atoms with Crippen LogP contribution in [0.1, 0.15) is 0 Å². The lowest BCUT2D eigenvalue weighted by Crippen LogP contribution is -2.13. The summed E-state index contributed by atoms with van der Waals surface area (Å²) in [5.74, 6) is -4.46. The fraction of sp³-hybridized carbons (Fsp3) is 0. The van der Waals surface area contributed by atoms with Crippen molar-refractivity contribution < 1.29 is 13.2 Å². The van der Waals surface area contributed by atoms with Crippen LogP contribution in [0.15, 0.2) is 23.0 Å². The van der Waals surface area contributed by atoms with Crippen LogP contribution in [0, 0.1) is 17.5 Å². The molecule has 0 bridgehead atoms. The van der Waals surface area contributed by atoms with Gasteiger partial charge in [0.15, 0.2) is 22.4 Å². The van der Waals surface area contributed by atoms with E-state index in [1.807, 2.05) is 0 Å². The fourth-order valence-electron chi connectivity index (χ4n) is 2.36. The third-order valence-corrected chi connectivity index (χ3v) is 5.19. The molecule has 0 N–H and O–H groups in total. The van der Waals surface area contributed by atoms with Crippen molar-refractivity contribution in [2.75, 3.05) is 0 Å². The van der Waals surface area contributed by atoms with Crippen molar-refractivity contribution in [3.05, 3.63) is 56.0 Å². The van der Waals surface area contributed by atoms with Crippen LogP contribution in [0.3, 0.4) is 0 Å². The van der Waals surface area contributed by atoms with Crippen LogP contribution in [0.25, 0.3) is 26.1 Å². The Morgan fingerprint density at radius 2 is 1.74 bits per heavy atom. The molecule has 0 saturated carbocycles. The summed E-state index contributed by atoms with van der Waals surface area (Å²) in [6.45, 7) is 0. The van der Waals surface area contributed by atoms with E-state index in [0.29, 0.717) is 17.1 Å². The maximum absolute atomic E-state index is 13.9. The molecule has 0 unspecified atom stereocenters. The summed E-state index contributed by atoms with van der Waals surface area (Å²) in [5, 5.41) is 0.180. The second-order valence-electron chi connectivity index (χ2n) is 4.76. The average Bonchev–Trinajstić information content (AvgIpc) is 2.85. The molecule has 9 heteroatoms. The van der Waals surface area contributed by atoms with Gasteiger partial charge in [-0.2, -0.15) is 0 Å². The highest BCUT2D eigenvalue weighted by atomic mass is 35.5. The molecule has 0 aliphatic heterocycles. The number of imidazole rings is 1. The monoisotopic (exact) mass is 374 g/mol. The van der Waals surface area contributed by atoms with E-state index in [2.05, 4.69) is 4.98 Å². The first-order valence-corrected chi connectivity index (χ1v) is 7.73. The van der Waals surface area contributed by atoms with E-state index in [0.717, 1.165) is 11.3 Å². The van der Waals surface area contributed by atoms with Crippen molar-refractivity contribution in [3.63, 3.8) is 0 Å². The number of halogens is 5. The van der Waals surface area contributed by atoms with Crippen molar-refractivity contribution in [3.8, 4) is 0 Å². The van der Waals surface area contributed by atoms with E-state index in [1.54, 1.807) is 0 Å². The van der Waals surface area contributed by atoms with Crippen molar-refractivity contribution in [1.29, 1.82) is 0 Å². The SMILES string of the molecule is O=c1c2cc(F)c(F)c(F)c2sc2nc3cc(Cl)c(Cl)cc3n12. The molecule has 0 aliphatic carbocycles. The number of fused-ring (bicyclic) bond motifs is 4. The Bertz CT molecular complexity index is 1200. The van der Waals surface area contributed by atoms with Gasteiger partial charge in [-0.3, -0.25) is 4.79 Å². The molecule has 0 saturated heterocycles. The molecule has 23 heavy (non-hydrogen) atoms. The van der Waals surface area contributed by atoms with Gasteiger partial charge in [0.2, 0.25) is 0 Å². The normalized spacial score (nSPS) is 11.9. The summed E-state index contributed by atoms with van der Waals surface area (Å²) in [7, 11) is 0.